The average Bonchev–Trinajstić information content (AvgIpc) is 2.30. The highest BCUT2D eigenvalue weighted by Crippen LogP contribution is 2.20. The number of hydrogen-bond donors (Lipinski definition) is 0. The minimum absolute atomic E-state index is 0.398. The predicted octanol–water partition coefficient (Wildman–Crippen LogP) is 2.40. The van der Waals surface area contributed by atoms with Crippen LogP contribution in [0.3, 0.4) is 0 Å². The summed E-state index contributed by atoms with van der Waals surface area (Å²) in [5.74, 6) is -0.511. The Hall–Kier alpha value is -1.49. The van der Waals surface area contributed by atoms with E-state index in [4.69, 9.17) is 0 Å². The Labute approximate surface area is 90.8 Å². The highest BCUT2D eigenvalue weighted by molar-refractivity contribution is 7.98. The van der Waals surface area contributed by atoms with E-state index in [1.165, 1.54) is 18.0 Å². The van der Waals surface area contributed by atoms with Crippen LogP contribution in [0.4, 0.5) is 4.39 Å². The normalized spacial score (nSPS) is 10.3. The van der Waals surface area contributed by atoms with Crippen LogP contribution in [0, 0.1) is 5.95 Å². The molecule has 0 aliphatic heterocycles. The van der Waals surface area contributed by atoms with E-state index in [1.807, 2.05) is 6.26 Å². The third-order valence-corrected chi connectivity index (χ3v) is 2.41. The van der Waals surface area contributed by atoms with Gasteiger partial charge in [0, 0.05) is 12.4 Å². The lowest BCUT2D eigenvalue weighted by molar-refractivity contribution is 0.586. The Morgan fingerprint density at radius 1 is 1.20 bits per heavy atom. The molecule has 0 aromatic carbocycles. The van der Waals surface area contributed by atoms with E-state index in [2.05, 4.69) is 15.0 Å². The Morgan fingerprint density at radius 3 is 2.80 bits per heavy atom. The fourth-order valence-corrected chi connectivity index (χ4v) is 1.52. The highest BCUT2D eigenvalue weighted by atomic mass is 32.2. The zero-order valence-electron chi connectivity index (χ0n) is 8.01. The first-order valence-electron chi connectivity index (χ1n) is 4.29. The molecule has 76 valence electrons. The standard InChI is InChI=1S/C10H8FN3S/c1-15-10-13-6-4-8(14-10)7-3-2-5-12-9(7)11/h2-6H,1H3. The molecule has 0 bridgehead atoms. The van der Waals surface area contributed by atoms with Crippen LogP contribution >= 0.6 is 11.8 Å². The van der Waals surface area contributed by atoms with Crippen LogP contribution in [0.15, 0.2) is 35.7 Å². The maximum atomic E-state index is 13.3. The van der Waals surface area contributed by atoms with Crippen molar-refractivity contribution in [1.82, 2.24) is 15.0 Å². The van der Waals surface area contributed by atoms with Gasteiger partial charge >= 0.3 is 0 Å². The lowest BCUT2D eigenvalue weighted by Crippen LogP contribution is -1.93. The van der Waals surface area contributed by atoms with Gasteiger partial charge in [0.1, 0.15) is 0 Å². The zero-order chi connectivity index (χ0) is 10.7. The van der Waals surface area contributed by atoms with Gasteiger partial charge in [-0.25, -0.2) is 15.0 Å². The summed E-state index contributed by atoms with van der Waals surface area (Å²) in [6, 6.07) is 4.99. The summed E-state index contributed by atoms with van der Waals surface area (Å²) in [5, 5.41) is 0.621. The summed E-state index contributed by atoms with van der Waals surface area (Å²) < 4.78 is 13.3. The fraction of sp³-hybridized carbons (Fsp3) is 0.100. The summed E-state index contributed by atoms with van der Waals surface area (Å²) in [5.41, 5.74) is 0.954. The van der Waals surface area contributed by atoms with Crippen molar-refractivity contribution >= 4 is 11.8 Å². The van der Waals surface area contributed by atoms with Crippen molar-refractivity contribution in [2.24, 2.45) is 0 Å². The van der Waals surface area contributed by atoms with E-state index in [0.717, 1.165) is 0 Å². The summed E-state index contributed by atoms with van der Waals surface area (Å²) >= 11 is 1.42. The number of rotatable bonds is 2. The molecule has 2 aromatic rings. The molecule has 2 aromatic heterocycles. The quantitative estimate of drug-likeness (QED) is 0.443. The van der Waals surface area contributed by atoms with Crippen molar-refractivity contribution in [3.8, 4) is 11.3 Å². The molecule has 0 atom stereocenters. The van der Waals surface area contributed by atoms with Gasteiger partial charge in [0.05, 0.1) is 11.3 Å². The Bertz CT molecular complexity index is 476. The van der Waals surface area contributed by atoms with Gasteiger partial charge in [-0.05, 0) is 24.5 Å². The van der Waals surface area contributed by atoms with Crippen LogP contribution in [-0.4, -0.2) is 21.2 Å². The lowest BCUT2D eigenvalue weighted by atomic mass is 10.2. The molecular weight excluding hydrogens is 213 g/mol. The smallest absolute Gasteiger partial charge is 0.222 e. The van der Waals surface area contributed by atoms with Gasteiger partial charge in [-0.3, -0.25) is 0 Å². The van der Waals surface area contributed by atoms with Crippen LogP contribution in [0.1, 0.15) is 0 Å². The van der Waals surface area contributed by atoms with Gasteiger partial charge in [-0.2, -0.15) is 4.39 Å². The zero-order valence-corrected chi connectivity index (χ0v) is 8.83. The number of thioether (sulfide) groups is 1. The van der Waals surface area contributed by atoms with Crippen LogP contribution in [-0.2, 0) is 0 Å². The number of pyridine rings is 1. The average molecular weight is 221 g/mol. The van der Waals surface area contributed by atoms with Gasteiger partial charge in [-0.1, -0.05) is 11.8 Å². The summed E-state index contributed by atoms with van der Waals surface area (Å²) in [6.45, 7) is 0. The van der Waals surface area contributed by atoms with Crippen molar-refractivity contribution in [3.05, 3.63) is 36.5 Å². The Balaban J connectivity index is 2.49. The first-order chi connectivity index (χ1) is 7.31. The monoisotopic (exact) mass is 221 g/mol. The number of nitrogens with zero attached hydrogens (tertiary/aromatic N) is 3. The molecule has 0 saturated heterocycles. The third kappa shape index (κ3) is 2.12. The van der Waals surface area contributed by atoms with Crippen molar-refractivity contribution in [3.63, 3.8) is 0 Å². The second-order valence-electron chi connectivity index (χ2n) is 2.77. The largest absolute Gasteiger partial charge is 0.231 e. The first-order valence-corrected chi connectivity index (χ1v) is 5.51. The molecule has 0 unspecified atom stereocenters. The first kappa shape index (κ1) is 10.0. The predicted molar refractivity (Wildman–Crippen MR) is 57.0 cm³/mol. The number of halogens is 1. The number of hydrogen-bond acceptors (Lipinski definition) is 4. The molecule has 0 amide bonds. The van der Waals surface area contributed by atoms with Crippen molar-refractivity contribution < 1.29 is 4.39 Å². The van der Waals surface area contributed by atoms with E-state index < -0.39 is 5.95 Å². The maximum absolute atomic E-state index is 13.3. The van der Waals surface area contributed by atoms with E-state index in [9.17, 15) is 4.39 Å². The molecule has 2 heterocycles. The molecule has 0 N–H and O–H groups in total. The molecule has 15 heavy (non-hydrogen) atoms. The minimum atomic E-state index is -0.511. The molecule has 0 aliphatic rings. The van der Waals surface area contributed by atoms with Crippen molar-refractivity contribution in [2.45, 2.75) is 5.16 Å². The topological polar surface area (TPSA) is 38.7 Å². The van der Waals surface area contributed by atoms with E-state index >= 15 is 0 Å². The van der Waals surface area contributed by atoms with Gasteiger partial charge in [-0.15, -0.1) is 0 Å². The SMILES string of the molecule is CSc1nccc(-c2cccnc2F)n1. The van der Waals surface area contributed by atoms with E-state index in [-0.39, 0.29) is 0 Å². The lowest BCUT2D eigenvalue weighted by Gasteiger charge is -2.02. The summed E-state index contributed by atoms with van der Waals surface area (Å²) in [4.78, 5) is 11.8. The molecule has 0 aliphatic carbocycles. The molecule has 3 nitrogen and oxygen atoms in total. The van der Waals surface area contributed by atoms with Gasteiger partial charge in [0.2, 0.25) is 5.95 Å². The van der Waals surface area contributed by atoms with Gasteiger partial charge in [0.15, 0.2) is 5.16 Å². The van der Waals surface area contributed by atoms with Crippen LogP contribution in [0.5, 0.6) is 0 Å². The molecular formula is C10H8FN3S. The molecule has 0 saturated carbocycles. The second-order valence-corrected chi connectivity index (χ2v) is 3.54. The van der Waals surface area contributed by atoms with Crippen molar-refractivity contribution in [2.75, 3.05) is 6.26 Å². The van der Waals surface area contributed by atoms with Gasteiger partial charge in [0.25, 0.3) is 0 Å². The molecule has 2 rings (SSSR count). The van der Waals surface area contributed by atoms with Gasteiger partial charge < -0.3 is 0 Å². The highest BCUT2D eigenvalue weighted by Gasteiger charge is 2.07. The van der Waals surface area contributed by atoms with Crippen LogP contribution in [0.25, 0.3) is 11.3 Å². The van der Waals surface area contributed by atoms with Crippen LogP contribution in [0.2, 0.25) is 0 Å². The second kappa shape index (κ2) is 4.35. The summed E-state index contributed by atoms with van der Waals surface area (Å²) in [7, 11) is 0. The number of aromatic nitrogens is 3. The van der Waals surface area contributed by atoms with Crippen molar-refractivity contribution in [1.29, 1.82) is 0 Å². The minimum Gasteiger partial charge on any atom is -0.231 e. The Morgan fingerprint density at radius 2 is 2.07 bits per heavy atom. The summed E-state index contributed by atoms with van der Waals surface area (Å²) in [6.07, 6.45) is 4.90. The van der Waals surface area contributed by atoms with E-state index in [1.54, 1.807) is 24.4 Å². The van der Waals surface area contributed by atoms with Crippen LogP contribution < -0.4 is 0 Å². The maximum Gasteiger partial charge on any atom is 0.222 e. The fourth-order valence-electron chi connectivity index (χ4n) is 1.17. The molecule has 0 fully saturated rings. The molecule has 0 spiro atoms. The third-order valence-electron chi connectivity index (χ3n) is 1.85. The Kier molecular flexibility index (Phi) is 2.91. The van der Waals surface area contributed by atoms with E-state index in [0.29, 0.717) is 16.4 Å². The molecule has 0 radical (unpaired) electrons. The molecule has 5 heteroatoms.